The quantitative estimate of drug-likeness (QED) is 0.901. The predicted molar refractivity (Wildman–Crippen MR) is 91.8 cm³/mol. The van der Waals surface area contributed by atoms with Crippen molar-refractivity contribution >= 4 is 0 Å². The van der Waals surface area contributed by atoms with Gasteiger partial charge in [-0.15, -0.1) is 0 Å². The predicted octanol–water partition coefficient (Wildman–Crippen LogP) is 3.98. The molecule has 1 aliphatic heterocycles. The first-order valence-electron chi connectivity index (χ1n) is 8.41. The number of rotatable bonds is 4. The number of nitrogens with one attached hydrogen (secondary N) is 1. The molecule has 21 heavy (non-hydrogen) atoms. The van der Waals surface area contributed by atoms with Gasteiger partial charge in [-0.3, -0.25) is 4.90 Å². The van der Waals surface area contributed by atoms with Gasteiger partial charge in [0.25, 0.3) is 0 Å². The summed E-state index contributed by atoms with van der Waals surface area (Å²) in [5, 5.41) is 3.31. The Balaban J connectivity index is 1.96. The molecule has 0 bridgehead atoms. The largest absolute Gasteiger partial charge is 0.319 e. The van der Waals surface area contributed by atoms with Gasteiger partial charge in [0.05, 0.1) is 0 Å². The number of nitrogens with zero attached hydrogens (tertiary/aromatic N) is 1. The summed E-state index contributed by atoms with van der Waals surface area (Å²) in [7, 11) is 2.06. The summed E-state index contributed by atoms with van der Waals surface area (Å²) in [6.07, 6.45) is 2.65. The van der Waals surface area contributed by atoms with E-state index in [1.165, 1.54) is 43.6 Å². The Hall–Kier alpha value is -0.860. The zero-order chi connectivity index (χ0) is 15.5. The third-order valence-electron chi connectivity index (χ3n) is 4.95. The van der Waals surface area contributed by atoms with Gasteiger partial charge in [0.1, 0.15) is 0 Å². The standard InChI is InChI=1S/C19H32N2/c1-15(21-12-10-16(11-13-21)14-20-5)17-6-8-18(9-7-17)19(2,3)4/h6-9,15-16,20H,10-14H2,1-5H3. The van der Waals surface area contributed by atoms with Crippen molar-refractivity contribution in [2.24, 2.45) is 5.92 Å². The van der Waals surface area contributed by atoms with Crippen LogP contribution in [0.1, 0.15) is 57.7 Å². The maximum atomic E-state index is 3.31. The molecule has 2 nitrogen and oxygen atoms in total. The SMILES string of the molecule is CNCC1CCN(C(C)c2ccc(C(C)(C)C)cc2)CC1. The Kier molecular flexibility index (Phi) is 5.45. The summed E-state index contributed by atoms with van der Waals surface area (Å²) in [4.78, 5) is 2.64. The molecule has 2 rings (SSSR count). The average molecular weight is 288 g/mol. The van der Waals surface area contributed by atoms with Gasteiger partial charge < -0.3 is 5.32 Å². The number of likely N-dealkylation sites (tertiary alicyclic amines) is 1. The van der Waals surface area contributed by atoms with Gasteiger partial charge in [0.15, 0.2) is 0 Å². The molecule has 1 N–H and O–H groups in total. The van der Waals surface area contributed by atoms with E-state index in [4.69, 9.17) is 0 Å². The molecule has 0 spiro atoms. The van der Waals surface area contributed by atoms with E-state index in [0.29, 0.717) is 6.04 Å². The highest BCUT2D eigenvalue weighted by atomic mass is 15.2. The van der Waals surface area contributed by atoms with E-state index in [2.05, 4.69) is 69.2 Å². The van der Waals surface area contributed by atoms with Crippen molar-refractivity contribution in [3.05, 3.63) is 35.4 Å². The smallest absolute Gasteiger partial charge is 0.0319 e. The fourth-order valence-electron chi connectivity index (χ4n) is 3.31. The highest BCUT2D eigenvalue weighted by Crippen LogP contribution is 2.28. The molecule has 0 saturated carbocycles. The van der Waals surface area contributed by atoms with E-state index >= 15 is 0 Å². The third-order valence-corrected chi connectivity index (χ3v) is 4.95. The molecule has 0 radical (unpaired) electrons. The van der Waals surface area contributed by atoms with Crippen LogP contribution in [0.5, 0.6) is 0 Å². The molecule has 1 saturated heterocycles. The van der Waals surface area contributed by atoms with E-state index in [0.717, 1.165) is 5.92 Å². The van der Waals surface area contributed by atoms with Crippen LogP contribution in [0, 0.1) is 5.92 Å². The maximum Gasteiger partial charge on any atom is 0.0319 e. The molecule has 2 heteroatoms. The number of hydrogen-bond donors (Lipinski definition) is 1. The molecule has 1 aromatic rings. The normalized spacial score (nSPS) is 19.7. The number of piperidine rings is 1. The van der Waals surface area contributed by atoms with Gasteiger partial charge in [0, 0.05) is 6.04 Å². The molecule has 118 valence electrons. The molecule has 1 fully saturated rings. The Bertz CT molecular complexity index is 422. The Morgan fingerprint density at radius 3 is 2.19 bits per heavy atom. The second kappa shape index (κ2) is 6.93. The fraction of sp³-hybridized carbons (Fsp3) is 0.684. The monoisotopic (exact) mass is 288 g/mol. The molecule has 0 amide bonds. The minimum atomic E-state index is 0.243. The van der Waals surface area contributed by atoms with Crippen molar-refractivity contribution in [2.45, 2.75) is 52.0 Å². The molecule has 0 aromatic heterocycles. The average Bonchev–Trinajstić information content (AvgIpc) is 2.47. The maximum absolute atomic E-state index is 3.31. The summed E-state index contributed by atoms with van der Waals surface area (Å²) < 4.78 is 0. The molecule has 1 aliphatic rings. The van der Waals surface area contributed by atoms with Crippen molar-refractivity contribution in [2.75, 3.05) is 26.7 Å². The molecule has 1 atom stereocenters. The van der Waals surface area contributed by atoms with Crippen LogP contribution < -0.4 is 5.32 Å². The molecule has 1 aromatic carbocycles. The van der Waals surface area contributed by atoms with Crippen LogP contribution in [0.2, 0.25) is 0 Å². The minimum absolute atomic E-state index is 0.243. The summed E-state index contributed by atoms with van der Waals surface area (Å²) >= 11 is 0. The summed E-state index contributed by atoms with van der Waals surface area (Å²) in [6.45, 7) is 12.8. The van der Waals surface area contributed by atoms with Gasteiger partial charge >= 0.3 is 0 Å². The molecule has 1 unspecified atom stereocenters. The van der Waals surface area contributed by atoms with Crippen LogP contribution in [-0.4, -0.2) is 31.6 Å². The zero-order valence-corrected chi connectivity index (χ0v) is 14.4. The lowest BCUT2D eigenvalue weighted by Crippen LogP contribution is -2.38. The zero-order valence-electron chi connectivity index (χ0n) is 14.4. The first kappa shape index (κ1) is 16.5. The van der Waals surface area contributed by atoms with Crippen molar-refractivity contribution < 1.29 is 0 Å². The molecule has 1 heterocycles. The van der Waals surface area contributed by atoms with Gasteiger partial charge in [0.2, 0.25) is 0 Å². The van der Waals surface area contributed by atoms with Gasteiger partial charge in [-0.2, -0.15) is 0 Å². The lowest BCUT2D eigenvalue weighted by atomic mass is 9.86. The summed E-state index contributed by atoms with van der Waals surface area (Å²) in [5.74, 6) is 0.863. The van der Waals surface area contributed by atoms with E-state index in [1.54, 1.807) is 0 Å². The van der Waals surface area contributed by atoms with Gasteiger partial charge in [-0.25, -0.2) is 0 Å². The number of benzene rings is 1. The van der Waals surface area contributed by atoms with Crippen LogP contribution >= 0.6 is 0 Å². The van der Waals surface area contributed by atoms with E-state index < -0.39 is 0 Å². The summed E-state index contributed by atoms with van der Waals surface area (Å²) in [6, 6.07) is 9.80. The fourth-order valence-corrected chi connectivity index (χ4v) is 3.31. The van der Waals surface area contributed by atoms with Gasteiger partial charge in [-0.1, -0.05) is 45.0 Å². The van der Waals surface area contributed by atoms with E-state index in [1.807, 2.05) is 0 Å². The van der Waals surface area contributed by atoms with Crippen LogP contribution in [0.25, 0.3) is 0 Å². The van der Waals surface area contributed by atoms with E-state index in [9.17, 15) is 0 Å². The Morgan fingerprint density at radius 2 is 1.71 bits per heavy atom. The molecule has 0 aliphatic carbocycles. The van der Waals surface area contributed by atoms with Crippen molar-refractivity contribution in [1.29, 1.82) is 0 Å². The second-order valence-corrected chi connectivity index (χ2v) is 7.59. The van der Waals surface area contributed by atoms with Crippen molar-refractivity contribution in [1.82, 2.24) is 10.2 Å². The van der Waals surface area contributed by atoms with E-state index in [-0.39, 0.29) is 5.41 Å². The lowest BCUT2D eigenvalue weighted by Gasteiger charge is -2.36. The third kappa shape index (κ3) is 4.31. The number of hydrogen-bond acceptors (Lipinski definition) is 2. The van der Waals surface area contributed by atoms with Crippen LogP contribution in [0.3, 0.4) is 0 Å². The van der Waals surface area contributed by atoms with Gasteiger partial charge in [-0.05, 0) is 68.9 Å². The highest BCUT2D eigenvalue weighted by Gasteiger charge is 2.23. The molecular formula is C19H32N2. The second-order valence-electron chi connectivity index (χ2n) is 7.59. The molecular weight excluding hydrogens is 256 g/mol. The minimum Gasteiger partial charge on any atom is -0.319 e. The lowest BCUT2D eigenvalue weighted by molar-refractivity contribution is 0.141. The topological polar surface area (TPSA) is 15.3 Å². The van der Waals surface area contributed by atoms with Crippen LogP contribution in [-0.2, 0) is 5.41 Å². The Morgan fingerprint density at radius 1 is 1.14 bits per heavy atom. The van der Waals surface area contributed by atoms with Crippen molar-refractivity contribution in [3.63, 3.8) is 0 Å². The van der Waals surface area contributed by atoms with Crippen LogP contribution in [0.4, 0.5) is 0 Å². The first-order valence-corrected chi connectivity index (χ1v) is 8.41. The Labute approximate surface area is 130 Å². The van der Waals surface area contributed by atoms with Crippen LogP contribution in [0.15, 0.2) is 24.3 Å². The summed E-state index contributed by atoms with van der Waals surface area (Å²) in [5.41, 5.74) is 3.12. The first-order chi connectivity index (χ1) is 9.91. The van der Waals surface area contributed by atoms with Crippen molar-refractivity contribution in [3.8, 4) is 0 Å². The highest BCUT2D eigenvalue weighted by molar-refractivity contribution is 5.29.